The third kappa shape index (κ3) is 2.05. The molecule has 0 aliphatic heterocycles. The first-order chi connectivity index (χ1) is 7.90. The Labute approximate surface area is 112 Å². The number of aliphatic hydroxyl groups excluding tert-OH is 1. The van der Waals surface area contributed by atoms with E-state index < -0.39 is 26.9 Å². The minimum absolute atomic E-state index is 0.0722. The molecule has 2 N–H and O–H groups in total. The Morgan fingerprint density at radius 3 is 2.71 bits per heavy atom. The van der Waals surface area contributed by atoms with Crippen molar-refractivity contribution < 1.29 is 15.0 Å². The van der Waals surface area contributed by atoms with Crippen molar-refractivity contribution in [3.05, 3.63) is 10.2 Å². The molecule has 4 heteroatoms. The van der Waals surface area contributed by atoms with Gasteiger partial charge in [0, 0.05) is 0 Å². The van der Waals surface area contributed by atoms with Crippen molar-refractivity contribution in [3.8, 4) is 0 Å². The molecule has 0 aromatic carbocycles. The number of aliphatic carboxylic acids is 1. The molecule has 2 bridgehead atoms. The summed E-state index contributed by atoms with van der Waals surface area (Å²) >= 11 is -0.442. The molecule has 2 aliphatic carbocycles. The predicted octanol–water partition coefficient (Wildman–Crippen LogP) is 1.89. The number of fused-ring (bicyclic) bond motifs is 2. The van der Waals surface area contributed by atoms with Crippen molar-refractivity contribution in [1.29, 1.82) is 0 Å². The molecule has 3 nitrogen and oxygen atoms in total. The molecule has 0 amide bonds. The van der Waals surface area contributed by atoms with Gasteiger partial charge in [-0.2, -0.15) is 0 Å². The van der Waals surface area contributed by atoms with Crippen LogP contribution in [0.1, 0.15) is 33.1 Å². The maximum atomic E-state index is 10.4. The maximum absolute atomic E-state index is 10.4. The molecule has 0 radical (unpaired) electrons. The zero-order valence-corrected chi connectivity index (χ0v) is 12.7. The van der Waals surface area contributed by atoms with Crippen molar-refractivity contribution in [3.63, 3.8) is 0 Å². The number of carboxylic acid groups (broad SMARTS) is 1. The summed E-state index contributed by atoms with van der Waals surface area (Å²) in [6.45, 7) is 4.57. The molecule has 17 heavy (non-hydrogen) atoms. The number of aliphatic hydroxyl groups is 1. The molecular weight excluding hydrogens is 332 g/mol. The quantitative estimate of drug-likeness (QED) is 0.600. The van der Waals surface area contributed by atoms with Crippen LogP contribution >= 0.6 is 0 Å². The molecule has 0 saturated heterocycles. The Kier molecular flexibility index (Phi) is 3.60. The first kappa shape index (κ1) is 13.4. The third-order valence-corrected chi connectivity index (χ3v) is 7.92. The van der Waals surface area contributed by atoms with Gasteiger partial charge in [-0.3, -0.25) is 0 Å². The fourth-order valence-electron chi connectivity index (χ4n) is 3.68. The van der Waals surface area contributed by atoms with E-state index in [2.05, 4.69) is 13.8 Å². The number of rotatable bonds is 4. The van der Waals surface area contributed by atoms with Gasteiger partial charge in [0.25, 0.3) is 0 Å². The van der Waals surface area contributed by atoms with Crippen LogP contribution in [0, 0.1) is 16.7 Å². The van der Waals surface area contributed by atoms with Crippen LogP contribution in [0.3, 0.4) is 0 Å². The second-order valence-corrected chi connectivity index (χ2v) is 8.37. The first-order valence-electron chi connectivity index (χ1n) is 6.09. The van der Waals surface area contributed by atoms with Crippen LogP contribution in [0.4, 0.5) is 0 Å². The second kappa shape index (κ2) is 4.57. The van der Waals surface area contributed by atoms with E-state index in [0.717, 1.165) is 17.3 Å². The molecule has 96 valence electrons. The topological polar surface area (TPSA) is 57.5 Å². The van der Waals surface area contributed by atoms with Gasteiger partial charge in [0.2, 0.25) is 0 Å². The Hall–Kier alpha value is -0.0404. The SMILES string of the molecule is CC1(C)[C@H]2CC[C@]1(C[Te]/C=C\C(=O)O)[C@@H](O)C2. The molecule has 0 aromatic rings. The third-order valence-electron chi connectivity index (χ3n) is 5.04. The van der Waals surface area contributed by atoms with Crippen molar-refractivity contribution in [2.75, 3.05) is 0 Å². The fourth-order valence-corrected chi connectivity index (χ4v) is 7.44. The molecule has 2 saturated carbocycles. The van der Waals surface area contributed by atoms with E-state index in [0.29, 0.717) is 5.92 Å². The number of hydrogen-bond donors (Lipinski definition) is 2. The van der Waals surface area contributed by atoms with E-state index >= 15 is 0 Å². The molecule has 0 spiro atoms. The molecule has 2 rings (SSSR count). The Morgan fingerprint density at radius 2 is 2.24 bits per heavy atom. The summed E-state index contributed by atoms with van der Waals surface area (Å²) in [5, 5.41) is 18.9. The molecule has 0 heterocycles. The van der Waals surface area contributed by atoms with Crippen molar-refractivity contribution >= 4 is 26.9 Å². The Bertz CT molecular complexity index is 351. The van der Waals surface area contributed by atoms with Gasteiger partial charge in [-0.05, 0) is 0 Å². The van der Waals surface area contributed by atoms with Crippen molar-refractivity contribution in [2.45, 2.75) is 43.7 Å². The van der Waals surface area contributed by atoms with Crippen LogP contribution in [0.5, 0.6) is 0 Å². The number of carbonyl (C=O) groups is 1. The van der Waals surface area contributed by atoms with Gasteiger partial charge in [-0.25, -0.2) is 0 Å². The minimum atomic E-state index is -0.858. The summed E-state index contributed by atoms with van der Waals surface area (Å²) in [5.41, 5.74) is 0.303. The average molecular weight is 352 g/mol. The van der Waals surface area contributed by atoms with Gasteiger partial charge in [-0.15, -0.1) is 0 Å². The molecule has 3 atom stereocenters. The van der Waals surface area contributed by atoms with E-state index in [9.17, 15) is 9.90 Å². The predicted molar refractivity (Wildman–Crippen MR) is 66.9 cm³/mol. The molecule has 2 fully saturated rings. The van der Waals surface area contributed by atoms with E-state index in [1.807, 2.05) is 4.12 Å². The monoisotopic (exact) mass is 354 g/mol. The zero-order chi connectivity index (χ0) is 12.7. The van der Waals surface area contributed by atoms with E-state index in [1.54, 1.807) is 0 Å². The summed E-state index contributed by atoms with van der Waals surface area (Å²) in [6, 6.07) is 0. The van der Waals surface area contributed by atoms with Crippen LogP contribution in [0.15, 0.2) is 10.2 Å². The van der Waals surface area contributed by atoms with Gasteiger partial charge in [0.15, 0.2) is 0 Å². The molecule has 0 unspecified atom stereocenters. The van der Waals surface area contributed by atoms with Gasteiger partial charge in [0.05, 0.1) is 0 Å². The van der Waals surface area contributed by atoms with Gasteiger partial charge < -0.3 is 0 Å². The zero-order valence-electron chi connectivity index (χ0n) is 10.3. The van der Waals surface area contributed by atoms with Crippen molar-refractivity contribution in [1.82, 2.24) is 0 Å². The molecular formula is C13H20O3Te. The van der Waals surface area contributed by atoms with Gasteiger partial charge >= 0.3 is 113 Å². The Morgan fingerprint density at radius 1 is 1.53 bits per heavy atom. The van der Waals surface area contributed by atoms with Crippen LogP contribution in [0.25, 0.3) is 0 Å². The Balaban J connectivity index is 2.05. The van der Waals surface area contributed by atoms with Crippen molar-refractivity contribution in [2.24, 2.45) is 16.7 Å². The van der Waals surface area contributed by atoms with Crippen LogP contribution in [-0.4, -0.2) is 43.2 Å². The van der Waals surface area contributed by atoms with Crippen LogP contribution in [0.2, 0.25) is 4.47 Å². The summed E-state index contributed by atoms with van der Waals surface area (Å²) in [7, 11) is 0. The summed E-state index contributed by atoms with van der Waals surface area (Å²) in [6.07, 6.45) is 4.40. The van der Waals surface area contributed by atoms with Crippen LogP contribution in [-0.2, 0) is 4.79 Å². The number of carboxylic acids is 1. The standard InChI is InChI=1S/C13H20O3Te/c1-12(2)9-3-5-13(12,10(14)7-9)8-17-6-4-11(15)16/h4,6,9-10,14H,3,5,7-8H2,1-2H3,(H,15,16)/b6-4-/t9-,10-,13-/m0/s1. The molecule has 2 aliphatic rings. The first-order valence-corrected chi connectivity index (χ1v) is 9.08. The average Bonchev–Trinajstić information content (AvgIpc) is 2.58. The van der Waals surface area contributed by atoms with Crippen LogP contribution < -0.4 is 0 Å². The summed E-state index contributed by atoms with van der Waals surface area (Å²) < 4.78 is 2.88. The fraction of sp³-hybridized carbons (Fsp3) is 0.769. The van der Waals surface area contributed by atoms with E-state index in [1.165, 1.54) is 12.5 Å². The van der Waals surface area contributed by atoms with E-state index in [4.69, 9.17) is 5.11 Å². The van der Waals surface area contributed by atoms with Gasteiger partial charge in [-0.1, -0.05) is 0 Å². The molecule has 0 aromatic heterocycles. The number of hydrogen-bond acceptors (Lipinski definition) is 2. The normalized spacial score (nSPS) is 39.0. The van der Waals surface area contributed by atoms with Gasteiger partial charge in [0.1, 0.15) is 0 Å². The van der Waals surface area contributed by atoms with E-state index in [-0.39, 0.29) is 16.9 Å². The second-order valence-electron chi connectivity index (χ2n) is 5.82. The summed E-state index contributed by atoms with van der Waals surface area (Å²) in [4.78, 5) is 10.4. The summed E-state index contributed by atoms with van der Waals surface area (Å²) in [5.74, 6) is -0.198.